The van der Waals surface area contributed by atoms with Crippen LogP contribution in [-0.4, -0.2) is 30.2 Å². The Labute approximate surface area is 122 Å². The zero-order valence-corrected chi connectivity index (χ0v) is 12.9. The van der Waals surface area contributed by atoms with E-state index >= 15 is 0 Å². The zero-order valence-electron chi connectivity index (χ0n) is 12.9. The molecule has 0 aliphatic heterocycles. The summed E-state index contributed by atoms with van der Waals surface area (Å²) in [4.78, 5) is 2.38. The van der Waals surface area contributed by atoms with Crippen molar-refractivity contribution in [1.82, 2.24) is 4.90 Å². The highest BCUT2D eigenvalue weighted by molar-refractivity contribution is 5.39. The minimum atomic E-state index is 0.332. The van der Waals surface area contributed by atoms with Gasteiger partial charge in [0.15, 0.2) is 0 Å². The van der Waals surface area contributed by atoms with E-state index in [2.05, 4.69) is 18.9 Å². The van der Waals surface area contributed by atoms with Crippen LogP contribution in [0.4, 0.5) is 0 Å². The first-order valence-electron chi connectivity index (χ1n) is 7.70. The molecule has 3 nitrogen and oxygen atoms in total. The van der Waals surface area contributed by atoms with Gasteiger partial charge in [0.1, 0.15) is 11.5 Å². The Kier molecular flexibility index (Phi) is 5.30. The first kappa shape index (κ1) is 15.2. The van der Waals surface area contributed by atoms with Crippen molar-refractivity contribution in [3.8, 4) is 11.5 Å². The van der Waals surface area contributed by atoms with E-state index in [1.165, 1.54) is 32.1 Å². The predicted molar refractivity (Wildman–Crippen MR) is 82.2 cm³/mol. The third kappa shape index (κ3) is 3.66. The van der Waals surface area contributed by atoms with E-state index in [-0.39, 0.29) is 0 Å². The van der Waals surface area contributed by atoms with Crippen molar-refractivity contribution >= 4 is 0 Å². The number of benzene rings is 1. The Balaban J connectivity index is 1.93. The van der Waals surface area contributed by atoms with Gasteiger partial charge in [-0.15, -0.1) is 0 Å². The van der Waals surface area contributed by atoms with Crippen molar-refractivity contribution < 1.29 is 9.84 Å². The molecule has 1 fully saturated rings. The minimum Gasteiger partial charge on any atom is -0.507 e. The molecular weight excluding hydrogens is 250 g/mol. The summed E-state index contributed by atoms with van der Waals surface area (Å²) in [6.07, 6.45) is 6.58. The largest absolute Gasteiger partial charge is 0.507 e. The van der Waals surface area contributed by atoms with Gasteiger partial charge in [0.2, 0.25) is 0 Å². The van der Waals surface area contributed by atoms with Crippen molar-refractivity contribution in [3.05, 3.63) is 23.8 Å². The zero-order chi connectivity index (χ0) is 14.5. The SMILES string of the molecule is CCC1CCC(N(C)Cc2ccc(OC)cc2O)CC1. The quantitative estimate of drug-likeness (QED) is 0.888. The first-order chi connectivity index (χ1) is 9.63. The lowest BCUT2D eigenvalue weighted by Gasteiger charge is -2.34. The molecule has 2 rings (SSSR count). The molecule has 112 valence electrons. The van der Waals surface area contributed by atoms with Crippen LogP contribution in [0.15, 0.2) is 18.2 Å². The van der Waals surface area contributed by atoms with E-state index in [9.17, 15) is 5.11 Å². The summed E-state index contributed by atoms with van der Waals surface area (Å²) in [7, 11) is 3.79. The van der Waals surface area contributed by atoms with Crippen molar-refractivity contribution in [1.29, 1.82) is 0 Å². The van der Waals surface area contributed by atoms with Crippen LogP contribution in [0.2, 0.25) is 0 Å². The standard InChI is InChI=1S/C17H27NO2/c1-4-13-5-8-15(9-6-13)18(2)12-14-7-10-16(20-3)11-17(14)19/h7,10-11,13,15,19H,4-6,8-9,12H2,1-3H3. The number of phenols is 1. The average molecular weight is 277 g/mol. The van der Waals surface area contributed by atoms with E-state index in [1.54, 1.807) is 13.2 Å². The average Bonchev–Trinajstić information content (AvgIpc) is 2.49. The monoisotopic (exact) mass is 277 g/mol. The van der Waals surface area contributed by atoms with Crippen LogP contribution >= 0.6 is 0 Å². The maximum atomic E-state index is 10.0. The van der Waals surface area contributed by atoms with Crippen LogP contribution in [0.1, 0.15) is 44.6 Å². The Hall–Kier alpha value is -1.22. The first-order valence-corrected chi connectivity index (χ1v) is 7.70. The number of phenolic OH excluding ortho intramolecular Hbond substituents is 1. The lowest BCUT2D eigenvalue weighted by molar-refractivity contribution is 0.156. The summed E-state index contributed by atoms with van der Waals surface area (Å²) in [6, 6.07) is 6.22. The van der Waals surface area contributed by atoms with Gasteiger partial charge in [-0.05, 0) is 44.7 Å². The molecule has 0 amide bonds. The Bertz CT molecular complexity index is 425. The predicted octanol–water partition coefficient (Wildman–Crippen LogP) is 3.80. The molecule has 1 saturated carbocycles. The van der Waals surface area contributed by atoms with E-state index in [0.717, 1.165) is 18.0 Å². The molecule has 1 aliphatic carbocycles. The van der Waals surface area contributed by atoms with E-state index in [1.807, 2.05) is 12.1 Å². The molecule has 20 heavy (non-hydrogen) atoms. The summed E-state index contributed by atoms with van der Waals surface area (Å²) in [5.74, 6) is 1.96. The van der Waals surface area contributed by atoms with Gasteiger partial charge >= 0.3 is 0 Å². The van der Waals surface area contributed by atoms with E-state index in [0.29, 0.717) is 17.5 Å². The normalized spacial score (nSPS) is 23.0. The summed E-state index contributed by atoms with van der Waals surface area (Å²) < 4.78 is 5.12. The summed E-state index contributed by atoms with van der Waals surface area (Å²) >= 11 is 0. The summed E-state index contributed by atoms with van der Waals surface area (Å²) in [5, 5.41) is 10.0. The number of aromatic hydroxyl groups is 1. The van der Waals surface area contributed by atoms with Gasteiger partial charge in [0.05, 0.1) is 7.11 Å². The molecule has 0 bridgehead atoms. The van der Waals surface area contributed by atoms with Crippen molar-refractivity contribution in [2.75, 3.05) is 14.2 Å². The lowest BCUT2D eigenvalue weighted by atomic mass is 9.84. The molecule has 0 atom stereocenters. The van der Waals surface area contributed by atoms with Crippen LogP contribution in [0.25, 0.3) is 0 Å². The number of hydrogen-bond acceptors (Lipinski definition) is 3. The van der Waals surface area contributed by atoms with Gasteiger partial charge in [-0.1, -0.05) is 19.4 Å². The molecule has 3 heteroatoms. The van der Waals surface area contributed by atoms with Crippen LogP contribution < -0.4 is 4.74 Å². The number of hydrogen-bond donors (Lipinski definition) is 1. The van der Waals surface area contributed by atoms with Gasteiger partial charge in [0, 0.05) is 24.2 Å². The van der Waals surface area contributed by atoms with Crippen molar-refractivity contribution in [2.45, 2.75) is 51.6 Å². The molecule has 0 radical (unpaired) electrons. The number of rotatable bonds is 5. The highest BCUT2D eigenvalue weighted by atomic mass is 16.5. The van der Waals surface area contributed by atoms with E-state index < -0.39 is 0 Å². The lowest BCUT2D eigenvalue weighted by Crippen LogP contribution is -2.34. The maximum Gasteiger partial charge on any atom is 0.123 e. The van der Waals surface area contributed by atoms with Gasteiger partial charge in [-0.3, -0.25) is 4.90 Å². The molecule has 0 unspecified atom stereocenters. The van der Waals surface area contributed by atoms with Gasteiger partial charge < -0.3 is 9.84 Å². The van der Waals surface area contributed by atoms with Crippen LogP contribution in [0, 0.1) is 5.92 Å². The molecule has 0 saturated heterocycles. The molecular formula is C17H27NO2. The Morgan fingerprint density at radius 1 is 1.25 bits per heavy atom. The van der Waals surface area contributed by atoms with Gasteiger partial charge in [-0.25, -0.2) is 0 Å². The smallest absolute Gasteiger partial charge is 0.123 e. The highest BCUT2D eigenvalue weighted by Crippen LogP contribution is 2.31. The maximum absolute atomic E-state index is 10.0. The fourth-order valence-electron chi connectivity index (χ4n) is 3.20. The van der Waals surface area contributed by atoms with E-state index in [4.69, 9.17) is 4.74 Å². The van der Waals surface area contributed by atoms with Crippen LogP contribution in [0.3, 0.4) is 0 Å². The molecule has 0 heterocycles. The molecule has 1 N–H and O–H groups in total. The second-order valence-electron chi connectivity index (χ2n) is 5.99. The number of ether oxygens (including phenoxy) is 1. The second kappa shape index (κ2) is 6.98. The molecule has 1 aromatic rings. The third-order valence-corrected chi connectivity index (χ3v) is 4.73. The van der Waals surface area contributed by atoms with Crippen molar-refractivity contribution in [2.24, 2.45) is 5.92 Å². The second-order valence-corrected chi connectivity index (χ2v) is 5.99. The van der Waals surface area contributed by atoms with Gasteiger partial charge in [-0.2, -0.15) is 0 Å². The molecule has 0 aromatic heterocycles. The van der Waals surface area contributed by atoms with Crippen LogP contribution in [0.5, 0.6) is 11.5 Å². The summed E-state index contributed by atoms with van der Waals surface area (Å²) in [6.45, 7) is 3.10. The molecule has 0 spiro atoms. The number of methoxy groups -OCH3 is 1. The highest BCUT2D eigenvalue weighted by Gasteiger charge is 2.23. The summed E-state index contributed by atoms with van der Waals surface area (Å²) in [5.41, 5.74) is 0.978. The molecule has 1 aromatic carbocycles. The fourth-order valence-corrected chi connectivity index (χ4v) is 3.20. The Morgan fingerprint density at radius 3 is 2.50 bits per heavy atom. The van der Waals surface area contributed by atoms with Gasteiger partial charge in [0.25, 0.3) is 0 Å². The Morgan fingerprint density at radius 2 is 1.95 bits per heavy atom. The minimum absolute atomic E-state index is 0.332. The number of nitrogens with zero attached hydrogens (tertiary/aromatic N) is 1. The fraction of sp³-hybridized carbons (Fsp3) is 0.647. The topological polar surface area (TPSA) is 32.7 Å². The molecule has 1 aliphatic rings. The van der Waals surface area contributed by atoms with Crippen molar-refractivity contribution in [3.63, 3.8) is 0 Å². The third-order valence-electron chi connectivity index (χ3n) is 4.73. The van der Waals surface area contributed by atoms with Crippen LogP contribution in [-0.2, 0) is 6.54 Å².